The van der Waals surface area contributed by atoms with Crippen LogP contribution in [0.15, 0.2) is 175 Å². The van der Waals surface area contributed by atoms with E-state index in [0.29, 0.717) is 0 Å². The Morgan fingerprint density at radius 2 is 1.18 bits per heavy atom. The van der Waals surface area contributed by atoms with Gasteiger partial charge in [0, 0.05) is 38.9 Å². The zero-order valence-corrected chi connectivity index (χ0v) is 31.8. The van der Waals surface area contributed by atoms with Gasteiger partial charge in [0.25, 0.3) is 0 Å². The SMILES string of the molecule is CC1(c2ccc(N(c3ccc(-c4cccc(-n5c6ccccc6c6ccccc65)c4)cc3)c3ccc4c(c3)C(C)(C)c3ccccc3-4)cc2)CC=C2CC2C1. The van der Waals surface area contributed by atoms with E-state index in [2.05, 4.69) is 200 Å². The van der Waals surface area contributed by atoms with E-state index in [0.717, 1.165) is 18.0 Å². The molecule has 8 aromatic rings. The molecule has 1 saturated carbocycles. The van der Waals surface area contributed by atoms with Crippen LogP contribution in [0.25, 0.3) is 49.7 Å². The molecular formula is C53H44N2. The zero-order chi connectivity index (χ0) is 36.9. The molecule has 0 radical (unpaired) electrons. The first-order valence-electron chi connectivity index (χ1n) is 19.9. The molecule has 0 aliphatic heterocycles. The number of hydrogen-bond acceptors (Lipinski definition) is 1. The van der Waals surface area contributed by atoms with Crippen molar-refractivity contribution in [2.24, 2.45) is 5.92 Å². The Morgan fingerprint density at radius 1 is 0.545 bits per heavy atom. The molecule has 2 heteroatoms. The van der Waals surface area contributed by atoms with E-state index in [1.807, 2.05) is 0 Å². The summed E-state index contributed by atoms with van der Waals surface area (Å²) in [6, 6.07) is 61.1. The van der Waals surface area contributed by atoms with Gasteiger partial charge in [0.15, 0.2) is 0 Å². The average molecular weight is 709 g/mol. The highest BCUT2D eigenvalue weighted by atomic mass is 15.1. The molecule has 0 spiro atoms. The Bertz CT molecular complexity index is 2780. The van der Waals surface area contributed by atoms with Crippen molar-refractivity contribution in [3.05, 3.63) is 192 Å². The lowest BCUT2D eigenvalue weighted by atomic mass is 9.73. The van der Waals surface area contributed by atoms with Crippen LogP contribution in [0.5, 0.6) is 0 Å². The van der Waals surface area contributed by atoms with Crippen LogP contribution in [0.1, 0.15) is 56.7 Å². The number of hydrogen-bond donors (Lipinski definition) is 0. The molecule has 0 saturated heterocycles. The van der Waals surface area contributed by atoms with E-state index in [4.69, 9.17) is 0 Å². The van der Waals surface area contributed by atoms with Crippen LogP contribution in [0.4, 0.5) is 17.1 Å². The Labute approximate surface area is 324 Å². The summed E-state index contributed by atoms with van der Waals surface area (Å²) in [5, 5.41) is 2.56. The third-order valence-corrected chi connectivity index (χ3v) is 13.1. The van der Waals surface area contributed by atoms with E-state index in [1.165, 1.54) is 90.7 Å². The third-order valence-electron chi connectivity index (χ3n) is 13.1. The first-order valence-corrected chi connectivity index (χ1v) is 19.9. The number of fused-ring (bicyclic) bond motifs is 7. The molecule has 7 aromatic carbocycles. The van der Waals surface area contributed by atoms with E-state index in [1.54, 1.807) is 5.57 Å². The van der Waals surface area contributed by atoms with Crippen LogP contribution >= 0.6 is 0 Å². The molecule has 1 aromatic heterocycles. The third kappa shape index (κ3) is 5.08. The topological polar surface area (TPSA) is 8.17 Å². The molecule has 3 aliphatic rings. The van der Waals surface area contributed by atoms with E-state index in [-0.39, 0.29) is 10.8 Å². The molecule has 55 heavy (non-hydrogen) atoms. The summed E-state index contributed by atoms with van der Waals surface area (Å²) >= 11 is 0. The number of anilines is 3. The molecule has 2 nitrogen and oxygen atoms in total. The average Bonchev–Trinajstić information content (AvgIpc) is 3.86. The lowest BCUT2D eigenvalue weighted by Crippen LogP contribution is -2.24. The van der Waals surface area contributed by atoms with Crippen molar-refractivity contribution in [1.82, 2.24) is 4.57 Å². The minimum atomic E-state index is -0.0759. The fraction of sp³-hybridized carbons (Fsp3) is 0.170. The Morgan fingerprint density at radius 3 is 1.91 bits per heavy atom. The van der Waals surface area contributed by atoms with Gasteiger partial charge in [-0.1, -0.05) is 136 Å². The van der Waals surface area contributed by atoms with Crippen molar-refractivity contribution in [2.45, 2.75) is 50.9 Å². The van der Waals surface area contributed by atoms with Gasteiger partial charge in [0.05, 0.1) is 11.0 Å². The van der Waals surface area contributed by atoms with Crippen LogP contribution in [0, 0.1) is 5.92 Å². The van der Waals surface area contributed by atoms with Gasteiger partial charge in [-0.25, -0.2) is 0 Å². The zero-order valence-electron chi connectivity index (χ0n) is 31.8. The van der Waals surface area contributed by atoms with Crippen molar-refractivity contribution >= 4 is 38.9 Å². The van der Waals surface area contributed by atoms with Crippen molar-refractivity contribution in [3.63, 3.8) is 0 Å². The first-order chi connectivity index (χ1) is 26.9. The minimum absolute atomic E-state index is 0.0759. The van der Waals surface area contributed by atoms with E-state index in [9.17, 15) is 0 Å². The highest BCUT2D eigenvalue weighted by Crippen LogP contribution is 2.54. The lowest BCUT2D eigenvalue weighted by Gasteiger charge is -2.32. The second-order valence-corrected chi connectivity index (χ2v) is 16.9. The fourth-order valence-electron chi connectivity index (χ4n) is 10.0. The molecular weight excluding hydrogens is 665 g/mol. The number of aromatic nitrogens is 1. The fourth-order valence-corrected chi connectivity index (χ4v) is 10.0. The van der Waals surface area contributed by atoms with Crippen LogP contribution in [-0.4, -0.2) is 4.57 Å². The predicted molar refractivity (Wildman–Crippen MR) is 231 cm³/mol. The summed E-state index contributed by atoms with van der Waals surface area (Å²) < 4.78 is 2.40. The summed E-state index contributed by atoms with van der Waals surface area (Å²) in [5.74, 6) is 0.801. The molecule has 266 valence electrons. The largest absolute Gasteiger partial charge is 0.310 e. The summed E-state index contributed by atoms with van der Waals surface area (Å²) in [5.41, 5.74) is 18.3. The second-order valence-electron chi connectivity index (χ2n) is 16.9. The second kappa shape index (κ2) is 11.9. The molecule has 0 N–H and O–H groups in total. The summed E-state index contributed by atoms with van der Waals surface area (Å²) in [6.45, 7) is 7.20. The van der Waals surface area contributed by atoms with Gasteiger partial charge in [-0.05, 0) is 130 Å². The number of para-hydroxylation sites is 2. The number of allylic oxidation sites excluding steroid dienone is 2. The van der Waals surface area contributed by atoms with Crippen molar-refractivity contribution in [3.8, 4) is 27.9 Å². The summed E-state index contributed by atoms with van der Waals surface area (Å²) in [4.78, 5) is 2.45. The lowest BCUT2D eigenvalue weighted by molar-refractivity contribution is 0.406. The Hall–Kier alpha value is -6.12. The molecule has 2 unspecified atom stereocenters. The first kappa shape index (κ1) is 32.3. The maximum absolute atomic E-state index is 2.51. The van der Waals surface area contributed by atoms with Gasteiger partial charge in [-0.3, -0.25) is 0 Å². The van der Waals surface area contributed by atoms with Crippen LogP contribution in [0.3, 0.4) is 0 Å². The minimum Gasteiger partial charge on any atom is -0.310 e. The predicted octanol–water partition coefficient (Wildman–Crippen LogP) is 14.2. The highest BCUT2D eigenvalue weighted by Gasteiger charge is 2.42. The van der Waals surface area contributed by atoms with E-state index >= 15 is 0 Å². The van der Waals surface area contributed by atoms with Gasteiger partial charge in [-0.15, -0.1) is 0 Å². The van der Waals surface area contributed by atoms with Crippen molar-refractivity contribution < 1.29 is 0 Å². The van der Waals surface area contributed by atoms with Gasteiger partial charge in [-0.2, -0.15) is 0 Å². The maximum Gasteiger partial charge on any atom is 0.0541 e. The van der Waals surface area contributed by atoms with Crippen LogP contribution in [-0.2, 0) is 10.8 Å². The number of benzene rings is 7. The van der Waals surface area contributed by atoms with Gasteiger partial charge in [0.2, 0.25) is 0 Å². The quantitative estimate of drug-likeness (QED) is 0.156. The van der Waals surface area contributed by atoms with Gasteiger partial charge >= 0.3 is 0 Å². The number of rotatable bonds is 6. The Balaban J connectivity index is 0.990. The summed E-state index contributed by atoms with van der Waals surface area (Å²) in [7, 11) is 0. The molecule has 3 aliphatic carbocycles. The number of nitrogens with zero attached hydrogens (tertiary/aromatic N) is 2. The van der Waals surface area contributed by atoms with Gasteiger partial charge in [0.1, 0.15) is 0 Å². The van der Waals surface area contributed by atoms with Crippen LogP contribution in [0.2, 0.25) is 0 Å². The highest BCUT2D eigenvalue weighted by molar-refractivity contribution is 6.09. The van der Waals surface area contributed by atoms with Gasteiger partial charge < -0.3 is 9.47 Å². The molecule has 1 heterocycles. The molecule has 11 rings (SSSR count). The molecule has 1 fully saturated rings. The van der Waals surface area contributed by atoms with Crippen molar-refractivity contribution in [2.75, 3.05) is 4.90 Å². The normalized spacial score (nSPS) is 19.1. The Kier molecular flexibility index (Phi) is 7.02. The maximum atomic E-state index is 2.51. The van der Waals surface area contributed by atoms with E-state index < -0.39 is 0 Å². The smallest absolute Gasteiger partial charge is 0.0541 e. The molecule has 0 amide bonds. The standard InChI is InChI=1S/C53H44N2/c1-52(2)48-16-7-4-13-44(48)45-28-27-43(33-49(45)52)54(41-25-21-39(22-26-41)53(3)30-29-37-31-38(37)34-53)40-23-19-35(20-24-40)36-11-10-12-42(32-36)55-50-17-8-5-14-46(50)47-15-6-9-18-51(47)55/h4-29,32-33,38H,30-31,34H2,1-3H3. The van der Waals surface area contributed by atoms with Crippen LogP contribution < -0.4 is 4.90 Å². The molecule has 2 atom stereocenters. The molecule has 0 bridgehead atoms. The monoisotopic (exact) mass is 708 g/mol. The summed E-state index contributed by atoms with van der Waals surface area (Å²) in [6.07, 6.45) is 6.23. The van der Waals surface area contributed by atoms with Crippen molar-refractivity contribution in [1.29, 1.82) is 0 Å².